The largest absolute Gasteiger partial charge is 0.493 e. The van der Waals surface area contributed by atoms with Crippen LogP contribution in [0.25, 0.3) is 6.08 Å². The van der Waals surface area contributed by atoms with Crippen molar-refractivity contribution in [3.05, 3.63) is 46.5 Å². The summed E-state index contributed by atoms with van der Waals surface area (Å²) in [4.78, 5) is 17.8. The molecule has 1 saturated heterocycles. The first-order chi connectivity index (χ1) is 17.5. The van der Waals surface area contributed by atoms with Crippen LogP contribution in [0.4, 0.5) is 0 Å². The van der Waals surface area contributed by atoms with Gasteiger partial charge in [-0.2, -0.15) is 0 Å². The summed E-state index contributed by atoms with van der Waals surface area (Å²) >= 11 is 0. The summed E-state index contributed by atoms with van der Waals surface area (Å²) in [5.41, 5.74) is 4.16. The predicted octanol–water partition coefficient (Wildman–Crippen LogP) is 4.22. The lowest BCUT2D eigenvalue weighted by molar-refractivity contribution is -0.129. The van der Waals surface area contributed by atoms with Gasteiger partial charge in [-0.1, -0.05) is 0 Å². The molecular formula is C28H37ClN2O6. The van der Waals surface area contributed by atoms with Crippen molar-refractivity contribution in [1.29, 1.82) is 0 Å². The van der Waals surface area contributed by atoms with Gasteiger partial charge in [-0.15, -0.1) is 12.4 Å². The Hall–Kier alpha value is -3.10. The van der Waals surface area contributed by atoms with E-state index in [9.17, 15) is 4.79 Å². The smallest absolute Gasteiger partial charge is 0.249 e. The van der Waals surface area contributed by atoms with Crippen LogP contribution in [0.15, 0.2) is 29.8 Å². The monoisotopic (exact) mass is 532 g/mol. The molecule has 0 bridgehead atoms. The third kappa shape index (κ3) is 6.25. The average Bonchev–Trinajstić information content (AvgIpc) is 3.13. The maximum Gasteiger partial charge on any atom is 0.249 e. The normalized spacial score (nSPS) is 15.5. The highest BCUT2D eigenvalue weighted by Gasteiger charge is 2.26. The second-order valence-corrected chi connectivity index (χ2v) is 9.03. The number of methoxy groups -OCH3 is 5. The number of fused-ring (bicyclic) bond motifs is 1. The fraction of sp³-hybridized carbons (Fsp3) is 0.464. The maximum atomic E-state index is 13.4. The minimum absolute atomic E-state index is 0. The number of rotatable bonds is 8. The standard InChI is InChI=1S/C28H36N2O6.ClH/c1-32-23-16-20-7-6-8-21(15-22(20)17-24(23)33-2)28(31)30-11-9-29(10-12-30)18-19-13-25(34-3)27(36-5)26(14-19)35-4;/h13-17H,6-12,18H2,1-5H3;1H. The number of amides is 1. The van der Waals surface area contributed by atoms with Crippen molar-refractivity contribution in [2.45, 2.75) is 25.8 Å². The predicted molar refractivity (Wildman–Crippen MR) is 146 cm³/mol. The van der Waals surface area contributed by atoms with E-state index in [2.05, 4.69) is 4.90 Å². The van der Waals surface area contributed by atoms with Gasteiger partial charge in [0.15, 0.2) is 23.0 Å². The molecule has 0 spiro atoms. The molecule has 37 heavy (non-hydrogen) atoms. The van der Waals surface area contributed by atoms with E-state index in [1.165, 1.54) is 5.56 Å². The van der Waals surface area contributed by atoms with E-state index in [0.717, 1.165) is 61.3 Å². The molecule has 9 heteroatoms. The molecule has 2 aliphatic rings. The van der Waals surface area contributed by atoms with Gasteiger partial charge in [0.1, 0.15) is 0 Å². The Kier molecular flexibility index (Phi) is 9.94. The Morgan fingerprint density at radius 1 is 0.757 bits per heavy atom. The molecule has 0 radical (unpaired) electrons. The van der Waals surface area contributed by atoms with Gasteiger partial charge < -0.3 is 28.6 Å². The lowest BCUT2D eigenvalue weighted by Gasteiger charge is -2.35. The second kappa shape index (κ2) is 12.9. The van der Waals surface area contributed by atoms with Crippen molar-refractivity contribution < 1.29 is 28.5 Å². The van der Waals surface area contributed by atoms with Crippen molar-refractivity contribution in [2.75, 3.05) is 61.7 Å². The van der Waals surface area contributed by atoms with E-state index in [-0.39, 0.29) is 18.3 Å². The Balaban J connectivity index is 0.00000380. The highest BCUT2D eigenvalue weighted by molar-refractivity contribution is 5.98. The number of hydrogen-bond donors (Lipinski definition) is 0. The van der Waals surface area contributed by atoms with Gasteiger partial charge in [0.05, 0.1) is 35.5 Å². The van der Waals surface area contributed by atoms with Crippen molar-refractivity contribution in [3.63, 3.8) is 0 Å². The molecule has 1 heterocycles. The van der Waals surface area contributed by atoms with Gasteiger partial charge in [-0.3, -0.25) is 9.69 Å². The van der Waals surface area contributed by atoms with E-state index in [1.54, 1.807) is 35.5 Å². The molecule has 1 aliphatic carbocycles. The van der Waals surface area contributed by atoms with Gasteiger partial charge in [0.25, 0.3) is 0 Å². The minimum atomic E-state index is 0. The van der Waals surface area contributed by atoms with Crippen LogP contribution in [0.3, 0.4) is 0 Å². The lowest BCUT2D eigenvalue weighted by atomic mass is 10.0. The first-order valence-electron chi connectivity index (χ1n) is 12.3. The van der Waals surface area contributed by atoms with Crippen molar-refractivity contribution in [1.82, 2.24) is 9.80 Å². The molecule has 2 aromatic carbocycles. The van der Waals surface area contributed by atoms with Gasteiger partial charge >= 0.3 is 0 Å². The van der Waals surface area contributed by atoms with Crippen LogP contribution in [0, 0.1) is 0 Å². The van der Waals surface area contributed by atoms with E-state index in [1.807, 2.05) is 35.2 Å². The van der Waals surface area contributed by atoms with Crippen LogP contribution in [0.5, 0.6) is 28.7 Å². The molecule has 1 fully saturated rings. The molecule has 0 aromatic heterocycles. The summed E-state index contributed by atoms with van der Waals surface area (Å²) in [6.07, 6.45) is 4.64. The number of carbonyl (C=O) groups is 1. The summed E-state index contributed by atoms with van der Waals surface area (Å²) in [6.45, 7) is 3.74. The minimum Gasteiger partial charge on any atom is -0.493 e. The third-order valence-electron chi connectivity index (χ3n) is 6.93. The number of carbonyl (C=O) groups excluding carboxylic acids is 1. The van der Waals surface area contributed by atoms with Crippen LogP contribution < -0.4 is 23.7 Å². The van der Waals surface area contributed by atoms with E-state index in [4.69, 9.17) is 23.7 Å². The van der Waals surface area contributed by atoms with Crippen LogP contribution in [-0.2, 0) is 17.8 Å². The first-order valence-corrected chi connectivity index (χ1v) is 12.3. The number of piperazine rings is 1. The van der Waals surface area contributed by atoms with Crippen molar-refractivity contribution >= 4 is 24.4 Å². The molecule has 0 N–H and O–H groups in total. The molecule has 4 rings (SSSR count). The zero-order chi connectivity index (χ0) is 25.7. The number of halogens is 1. The Morgan fingerprint density at radius 3 is 1.92 bits per heavy atom. The van der Waals surface area contributed by atoms with Crippen LogP contribution >= 0.6 is 12.4 Å². The topological polar surface area (TPSA) is 69.7 Å². The van der Waals surface area contributed by atoms with Gasteiger partial charge in [-0.05, 0) is 66.3 Å². The molecule has 0 saturated carbocycles. The Morgan fingerprint density at radius 2 is 1.35 bits per heavy atom. The van der Waals surface area contributed by atoms with Crippen molar-refractivity contribution in [2.24, 2.45) is 0 Å². The number of aryl methyl sites for hydroxylation is 1. The van der Waals surface area contributed by atoms with Gasteiger partial charge in [0, 0.05) is 38.3 Å². The van der Waals surface area contributed by atoms with Gasteiger partial charge in [-0.25, -0.2) is 0 Å². The molecule has 1 amide bonds. The maximum absolute atomic E-state index is 13.4. The highest BCUT2D eigenvalue weighted by Crippen LogP contribution is 2.39. The number of benzene rings is 2. The molecule has 0 atom stereocenters. The second-order valence-electron chi connectivity index (χ2n) is 9.03. The molecule has 1 aliphatic heterocycles. The zero-order valence-corrected chi connectivity index (χ0v) is 23.1. The van der Waals surface area contributed by atoms with Crippen molar-refractivity contribution in [3.8, 4) is 28.7 Å². The summed E-state index contributed by atoms with van der Waals surface area (Å²) in [5, 5.41) is 0. The summed E-state index contributed by atoms with van der Waals surface area (Å²) in [5.74, 6) is 3.42. The van der Waals surface area contributed by atoms with E-state index < -0.39 is 0 Å². The quantitative estimate of drug-likeness (QED) is 0.504. The van der Waals surface area contributed by atoms with Crippen LogP contribution in [0.2, 0.25) is 0 Å². The fourth-order valence-electron chi connectivity index (χ4n) is 4.98. The molecule has 8 nitrogen and oxygen atoms in total. The number of ether oxygens (including phenoxy) is 5. The Labute approximate surface area is 225 Å². The first kappa shape index (κ1) is 28.5. The fourth-order valence-corrected chi connectivity index (χ4v) is 4.98. The van der Waals surface area contributed by atoms with Gasteiger partial charge in [0.2, 0.25) is 11.7 Å². The van der Waals surface area contributed by atoms with Crippen LogP contribution in [-0.4, -0.2) is 77.4 Å². The Bertz CT molecular complexity index is 1100. The summed E-state index contributed by atoms with van der Waals surface area (Å²) < 4.78 is 27.3. The van der Waals surface area contributed by atoms with E-state index >= 15 is 0 Å². The number of nitrogens with zero attached hydrogens (tertiary/aromatic N) is 2. The number of hydrogen-bond acceptors (Lipinski definition) is 7. The zero-order valence-electron chi connectivity index (χ0n) is 22.3. The summed E-state index contributed by atoms with van der Waals surface area (Å²) in [6, 6.07) is 7.97. The third-order valence-corrected chi connectivity index (χ3v) is 6.93. The average molecular weight is 533 g/mol. The molecule has 2 aromatic rings. The molecule has 0 unspecified atom stereocenters. The lowest BCUT2D eigenvalue weighted by Crippen LogP contribution is -2.48. The molecular weight excluding hydrogens is 496 g/mol. The summed E-state index contributed by atoms with van der Waals surface area (Å²) in [7, 11) is 8.13. The van der Waals surface area contributed by atoms with Crippen LogP contribution in [0.1, 0.15) is 29.5 Å². The SMILES string of the molecule is COc1cc2c(cc1OC)CCCC(C(=O)N1CCN(Cc3cc(OC)c(OC)c(OC)c3)CC1)=C2.Cl. The van der Waals surface area contributed by atoms with E-state index in [0.29, 0.717) is 36.1 Å². The molecule has 202 valence electrons. The highest BCUT2D eigenvalue weighted by atomic mass is 35.5.